The van der Waals surface area contributed by atoms with E-state index in [0.29, 0.717) is 24.3 Å². The van der Waals surface area contributed by atoms with Gasteiger partial charge in [-0.1, -0.05) is 13.8 Å². The molecule has 1 N–H and O–H groups in total. The van der Waals surface area contributed by atoms with Gasteiger partial charge in [0, 0.05) is 44.1 Å². The first-order chi connectivity index (χ1) is 15.2. The van der Waals surface area contributed by atoms with E-state index < -0.39 is 5.82 Å². The van der Waals surface area contributed by atoms with Gasteiger partial charge in [-0.2, -0.15) is 0 Å². The number of carbonyl (C=O) groups is 2. The predicted molar refractivity (Wildman–Crippen MR) is 123 cm³/mol. The van der Waals surface area contributed by atoms with E-state index in [1.54, 1.807) is 23.1 Å². The first-order valence-corrected chi connectivity index (χ1v) is 10.4. The van der Waals surface area contributed by atoms with Crippen LogP contribution in [-0.4, -0.2) is 37.4 Å². The molecule has 3 rings (SSSR count). The van der Waals surface area contributed by atoms with E-state index in [1.807, 2.05) is 31.1 Å². The molecule has 7 heteroatoms. The van der Waals surface area contributed by atoms with E-state index >= 15 is 0 Å². The number of anilines is 2. The molecule has 0 bridgehead atoms. The molecule has 0 atom stereocenters. The maximum absolute atomic E-state index is 13.2. The van der Waals surface area contributed by atoms with Gasteiger partial charge < -0.3 is 19.5 Å². The van der Waals surface area contributed by atoms with Gasteiger partial charge in [0.2, 0.25) is 0 Å². The van der Waals surface area contributed by atoms with Crippen molar-refractivity contribution in [1.29, 1.82) is 0 Å². The highest BCUT2D eigenvalue weighted by Gasteiger charge is 2.21. The van der Waals surface area contributed by atoms with E-state index in [1.165, 1.54) is 30.5 Å². The Balaban J connectivity index is 1.88. The molecule has 0 aliphatic rings. The molecular formula is C25H28FN3O3. The van der Waals surface area contributed by atoms with Crippen molar-refractivity contribution in [2.75, 3.05) is 30.9 Å². The summed E-state index contributed by atoms with van der Waals surface area (Å²) in [6.45, 7) is 5.01. The number of benzene rings is 2. The van der Waals surface area contributed by atoms with Gasteiger partial charge in [-0.05, 0) is 66.1 Å². The second-order valence-corrected chi connectivity index (χ2v) is 8.26. The van der Waals surface area contributed by atoms with Crippen LogP contribution in [0.25, 0.3) is 0 Å². The first kappa shape index (κ1) is 23.1. The van der Waals surface area contributed by atoms with Gasteiger partial charge in [-0.15, -0.1) is 0 Å². The van der Waals surface area contributed by atoms with Crippen molar-refractivity contribution in [3.05, 3.63) is 83.6 Å². The Morgan fingerprint density at radius 3 is 2.38 bits per heavy atom. The molecule has 0 aliphatic heterocycles. The van der Waals surface area contributed by atoms with Crippen LogP contribution in [-0.2, 0) is 6.54 Å². The summed E-state index contributed by atoms with van der Waals surface area (Å²) >= 11 is 0. The van der Waals surface area contributed by atoms with Crippen LogP contribution in [0.3, 0.4) is 0 Å². The third-order valence-electron chi connectivity index (χ3n) is 4.89. The summed E-state index contributed by atoms with van der Waals surface area (Å²) in [7, 11) is 3.85. The third kappa shape index (κ3) is 5.75. The van der Waals surface area contributed by atoms with Crippen LogP contribution in [0.15, 0.2) is 65.3 Å². The van der Waals surface area contributed by atoms with Crippen molar-refractivity contribution in [2.24, 2.45) is 5.92 Å². The highest BCUT2D eigenvalue weighted by atomic mass is 19.1. The van der Waals surface area contributed by atoms with Gasteiger partial charge in [0.05, 0.1) is 6.26 Å². The van der Waals surface area contributed by atoms with Crippen LogP contribution < -0.4 is 10.2 Å². The van der Waals surface area contributed by atoms with Crippen LogP contribution in [0.1, 0.15) is 40.3 Å². The zero-order valence-electron chi connectivity index (χ0n) is 18.8. The summed E-state index contributed by atoms with van der Waals surface area (Å²) in [6.07, 6.45) is 1.48. The van der Waals surface area contributed by atoms with Crippen molar-refractivity contribution >= 4 is 23.2 Å². The summed E-state index contributed by atoms with van der Waals surface area (Å²) < 4.78 is 18.5. The maximum atomic E-state index is 13.2. The number of hydrogen-bond donors (Lipinski definition) is 1. The molecule has 0 unspecified atom stereocenters. The molecule has 0 saturated heterocycles. The molecular weight excluding hydrogens is 409 g/mol. The summed E-state index contributed by atoms with van der Waals surface area (Å²) in [5.41, 5.74) is 2.77. The number of rotatable bonds is 8. The Kier molecular flexibility index (Phi) is 7.30. The Bertz CT molecular complexity index is 1060. The molecule has 2 aromatic carbocycles. The standard InChI is InChI=1S/C25H28FN3O3/c1-17(2)15-29(25(31)23-6-5-13-32-23)16-19-14-21(11-12-22(19)28(3)4)27-24(30)18-7-9-20(26)10-8-18/h5-14,17H,15-16H2,1-4H3,(H,27,30). The molecule has 0 aliphatic carbocycles. The van der Waals surface area contributed by atoms with Crippen LogP contribution in [0.4, 0.5) is 15.8 Å². The molecule has 0 fully saturated rings. The quantitative estimate of drug-likeness (QED) is 0.536. The number of amides is 2. The monoisotopic (exact) mass is 437 g/mol. The van der Waals surface area contributed by atoms with Gasteiger partial charge in [-0.3, -0.25) is 9.59 Å². The summed E-state index contributed by atoms with van der Waals surface area (Å²) in [5.74, 6) is -0.366. The minimum atomic E-state index is -0.398. The largest absolute Gasteiger partial charge is 0.459 e. The van der Waals surface area contributed by atoms with E-state index in [2.05, 4.69) is 19.2 Å². The molecule has 0 radical (unpaired) electrons. The van der Waals surface area contributed by atoms with Crippen LogP contribution in [0.2, 0.25) is 0 Å². The number of carbonyl (C=O) groups excluding carboxylic acids is 2. The fraction of sp³-hybridized carbons (Fsp3) is 0.280. The average Bonchev–Trinajstić information content (AvgIpc) is 3.27. The van der Waals surface area contributed by atoms with Crippen molar-refractivity contribution < 1.29 is 18.4 Å². The highest BCUT2D eigenvalue weighted by Crippen LogP contribution is 2.26. The third-order valence-corrected chi connectivity index (χ3v) is 4.89. The molecule has 3 aromatic rings. The highest BCUT2D eigenvalue weighted by molar-refractivity contribution is 6.04. The Hall–Kier alpha value is -3.61. The van der Waals surface area contributed by atoms with Gasteiger partial charge in [0.15, 0.2) is 5.76 Å². The second-order valence-electron chi connectivity index (χ2n) is 8.26. The minimum absolute atomic E-state index is 0.186. The number of halogens is 1. The van der Waals surface area contributed by atoms with Crippen molar-refractivity contribution in [1.82, 2.24) is 4.90 Å². The summed E-state index contributed by atoms with van der Waals surface area (Å²) in [5, 5.41) is 2.85. The lowest BCUT2D eigenvalue weighted by atomic mass is 10.1. The predicted octanol–water partition coefficient (Wildman–Crippen LogP) is 5.04. The minimum Gasteiger partial charge on any atom is -0.459 e. The van der Waals surface area contributed by atoms with E-state index in [-0.39, 0.29) is 23.5 Å². The molecule has 1 heterocycles. The fourth-order valence-electron chi connectivity index (χ4n) is 3.45. The van der Waals surface area contributed by atoms with Gasteiger partial charge in [-0.25, -0.2) is 4.39 Å². The Labute approximate surface area is 187 Å². The molecule has 1 aromatic heterocycles. The fourth-order valence-corrected chi connectivity index (χ4v) is 3.45. The molecule has 32 heavy (non-hydrogen) atoms. The number of nitrogens with one attached hydrogen (secondary N) is 1. The molecule has 2 amide bonds. The summed E-state index contributed by atoms with van der Waals surface area (Å²) in [4.78, 5) is 29.3. The smallest absolute Gasteiger partial charge is 0.289 e. The second kappa shape index (κ2) is 10.1. The van der Waals surface area contributed by atoms with Crippen LogP contribution in [0.5, 0.6) is 0 Å². The van der Waals surface area contributed by atoms with E-state index in [4.69, 9.17) is 4.42 Å². The van der Waals surface area contributed by atoms with E-state index in [0.717, 1.165) is 11.3 Å². The molecule has 168 valence electrons. The van der Waals surface area contributed by atoms with Gasteiger partial charge >= 0.3 is 0 Å². The average molecular weight is 438 g/mol. The van der Waals surface area contributed by atoms with Crippen LogP contribution >= 0.6 is 0 Å². The topological polar surface area (TPSA) is 65.8 Å². The zero-order valence-corrected chi connectivity index (χ0v) is 18.8. The number of furan rings is 1. The van der Waals surface area contributed by atoms with Crippen molar-refractivity contribution in [3.8, 4) is 0 Å². The Morgan fingerprint density at radius 1 is 1.06 bits per heavy atom. The Morgan fingerprint density at radius 2 is 1.78 bits per heavy atom. The SMILES string of the molecule is CC(C)CN(Cc1cc(NC(=O)c2ccc(F)cc2)ccc1N(C)C)C(=O)c1ccco1. The molecule has 0 saturated carbocycles. The maximum Gasteiger partial charge on any atom is 0.289 e. The first-order valence-electron chi connectivity index (χ1n) is 10.4. The number of nitrogens with zero attached hydrogens (tertiary/aromatic N) is 2. The summed E-state index contributed by atoms with van der Waals surface area (Å²) in [6, 6.07) is 14.3. The van der Waals surface area contributed by atoms with Crippen LogP contribution in [0, 0.1) is 11.7 Å². The number of hydrogen-bond acceptors (Lipinski definition) is 4. The van der Waals surface area contributed by atoms with Gasteiger partial charge in [0.25, 0.3) is 11.8 Å². The normalized spacial score (nSPS) is 10.8. The zero-order chi connectivity index (χ0) is 23.3. The lowest BCUT2D eigenvalue weighted by molar-refractivity contribution is 0.0690. The van der Waals surface area contributed by atoms with E-state index in [9.17, 15) is 14.0 Å². The molecule has 0 spiro atoms. The van der Waals surface area contributed by atoms with Crippen molar-refractivity contribution in [2.45, 2.75) is 20.4 Å². The molecule has 6 nitrogen and oxygen atoms in total. The van der Waals surface area contributed by atoms with Gasteiger partial charge in [0.1, 0.15) is 5.82 Å². The lowest BCUT2D eigenvalue weighted by Crippen LogP contribution is -2.34. The lowest BCUT2D eigenvalue weighted by Gasteiger charge is -2.27. The van der Waals surface area contributed by atoms with Crippen molar-refractivity contribution in [3.63, 3.8) is 0 Å².